The molecule has 0 unspecified atom stereocenters. The van der Waals surface area contributed by atoms with E-state index in [1.165, 1.54) is 25.7 Å². The second-order valence-electron chi connectivity index (χ2n) is 4.13. The van der Waals surface area contributed by atoms with Crippen LogP contribution in [-0.4, -0.2) is 22.9 Å². The van der Waals surface area contributed by atoms with E-state index in [9.17, 15) is 0 Å². The van der Waals surface area contributed by atoms with E-state index in [-0.39, 0.29) is 0 Å². The van der Waals surface area contributed by atoms with Crippen LogP contribution in [0.25, 0.3) is 0 Å². The van der Waals surface area contributed by atoms with E-state index in [1.54, 1.807) is 4.68 Å². The minimum absolute atomic E-state index is 0.632. The van der Waals surface area contributed by atoms with Gasteiger partial charge in [-0.25, -0.2) is 0 Å². The summed E-state index contributed by atoms with van der Waals surface area (Å²) in [5.74, 6) is 0.930. The van der Waals surface area contributed by atoms with Crippen molar-refractivity contribution in [1.82, 2.24) is 9.78 Å². The van der Waals surface area contributed by atoms with E-state index in [2.05, 4.69) is 17.0 Å². The Morgan fingerprint density at radius 3 is 2.64 bits per heavy atom. The molecule has 1 aliphatic carbocycles. The van der Waals surface area contributed by atoms with E-state index in [4.69, 9.17) is 5.73 Å². The van der Waals surface area contributed by atoms with Gasteiger partial charge in [-0.15, -0.1) is 0 Å². The minimum atomic E-state index is 0.632. The molecular weight excluding hydrogens is 176 g/mol. The number of rotatable bonds is 2. The number of nitrogen functional groups attached to an aromatic ring is 1. The van der Waals surface area contributed by atoms with Gasteiger partial charge in [-0.1, -0.05) is 12.8 Å². The summed E-state index contributed by atoms with van der Waals surface area (Å²) in [5, 5.41) is 4.37. The van der Waals surface area contributed by atoms with Crippen molar-refractivity contribution in [2.75, 3.05) is 17.7 Å². The molecule has 0 saturated heterocycles. The Morgan fingerprint density at radius 2 is 2.14 bits per heavy atom. The molecule has 1 aliphatic rings. The van der Waals surface area contributed by atoms with Gasteiger partial charge in [0.2, 0.25) is 0 Å². The number of nitrogens with zero attached hydrogens (tertiary/aromatic N) is 3. The molecule has 2 rings (SSSR count). The zero-order valence-electron chi connectivity index (χ0n) is 8.90. The summed E-state index contributed by atoms with van der Waals surface area (Å²) < 4.78 is 1.77. The van der Waals surface area contributed by atoms with E-state index in [1.807, 2.05) is 13.2 Å². The molecule has 14 heavy (non-hydrogen) atoms. The Hall–Kier alpha value is -1.19. The molecule has 1 saturated carbocycles. The first-order valence-corrected chi connectivity index (χ1v) is 5.20. The van der Waals surface area contributed by atoms with Crippen LogP contribution in [0.3, 0.4) is 0 Å². The molecule has 4 nitrogen and oxygen atoms in total. The first-order valence-electron chi connectivity index (χ1n) is 5.20. The fourth-order valence-electron chi connectivity index (χ4n) is 2.23. The molecule has 0 aliphatic heterocycles. The highest BCUT2D eigenvalue weighted by molar-refractivity contribution is 5.61. The maximum absolute atomic E-state index is 5.88. The second kappa shape index (κ2) is 3.52. The van der Waals surface area contributed by atoms with E-state index in [0.29, 0.717) is 6.04 Å². The van der Waals surface area contributed by atoms with Crippen LogP contribution in [0.4, 0.5) is 11.5 Å². The molecule has 2 N–H and O–H groups in total. The summed E-state index contributed by atoms with van der Waals surface area (Å²) >= 11 is 0. The lowest BCUT2D eigenvalue weighted by atomic mass is 10.2. The van der Waals surface area contributed by atoms with Crippen molar-refractivity contribution in [2.24, 2.45) is 7.05 Å². The lowest BCUT2D eigenvalue weighted by molar-refractivity contribution is 0.637. The second-order valence-corrected chi connectivity index (χ2v) is 4.13. The Labute approximate surface area is 84.7 Å². The molecule has 1 aromatic rings. The normalized spacial score (nSPS) is 17.6. The van der Waals surface area contributed by atoms with Crippen molar-refractivity contribution in [3.05, 3.63) is 6.20 Å². The molecule has 0 radical (unpaired) electrons. The van der Waals surface area contributed by atoms with Crippen molar-refractivity contribution in [1.29, 1.82) is 0 Å². The van der Waals surface area contributed by atoms with Gasteiger partial charge in [0, 0.05) is 26.3 Å². The molecule has 0 aromatic carbocycles. The fraction of sp³-hybridized carbons (Fsp3) is 0.700. The SMILES string of the molecule is CN(c1nn(C)cc1N)C1CCCC1. The molecule has 78 valence electrons. The van der Waals surface area contributed by atoms with Crippen LogP contribution < -0.4 is 10.6 Å². The van der Waals surface area contributed by atoms with E-state index in [0.717, 1.165) is 11.5 Å². The molecule has 0 bridgehead atoms. The van der Waals surface area contributed by atoms with Crippen LogP contribution >= 0.6 is 0 Å². The molecule has 1 heterocycles. The first-order chi connectivity index (χ1) is 6.68. The number of hydrogen-bond donors (Lipinski definition) is 1. The van der Waals surface area contributed by atoms with Crippen molar-refractivity contribution in [2.45, 2.75) is 31.7 Å². The molecule has 0 amide bonds. The topological polar surface area (TPSA) is 47.1 Å². The molecular formula is C10H18N4. The van der Waals surface area contributed by atoms with Gasteiger partial charge in [-0.3, -0.25) is 4.68 Å². The number of nitrogens with two attached hydrogens (primary N) is 1. The quantitative estimate of drug-likeness (QED) is 0.773. The molecule has 0 atom stereocenters. The largest absolute Gasteiger partial charge is 0.394 e. The van der Waals surface area contributed by atoms with Crippen LogP contribution in [0.2, 0.25) is 0 Å². The Morgan fingerprint density at radius 1 is 1.50 bits per heavy atom. The summed E-state index contributed by atoms with van der Waals surface area (Å²) in [5.41, 5.74) is 6.66. The maximum atomic E-state index is 5.88. The zero-order valence-corrected chi connectivity index (χ0v) is 8.90. The van der Waals surface area contributed by atoms with E-state index >= 15 is 0 Å². The third-order valence-corrected chi connectivity index (χ3v) is 3.04. The van der Waals surface area contributed by atoms with Crippen LogP contribution in [0.5, 0.6) is 0 Å². The predicted molar refractivity (Wildman–Crippen MR) is 58.3 cm³/mol. The summed E-state index contributed by atoms with van der Waals surface area (Å²) in [6.45, 7) is 0. The highest BCUT2D eigenvalue weighted by atomic mass is 15.3. The number of hydrogen-bond acceptors (Lipinski definition) is 3. The van der Waals surface area contributed by atoms with E-state index < -0.39 is 0 Å². The van der Waals surface area contributed by atoms with Gasteiger partial charge >= 0.3 is 0 Å². The lowest BCUT2D eigenvalue weighted by Gasteiger charge is -2.24. The Balaban J connectivity index is 2.17. The summed E-state index contributed by atoms with van der Waals surface area (Å²) in [7, 11) is 4.00. The molecule has 1 fully saturated rings. The van der Waals surface area contributed by atoms with Crippen LogP contribution in [0, 0.1) is 0 Å². The highest BCUT2D eigenvalue weighted by Crippen LogP contribution is 2.28. The minimum Gasteiger partial charge on any atom is -0.394 e. The average molecular weight is 194 g/mol. The van der Waals surface area contributed by atoms with Crippen molar-refractivity contribution in [3.8, 4) is 0 Å². The third kappa shape index (κ3) is 1.56. The number of aromatic nitrogens is 2. The smallest absolute Gasteiger partial charge is 0.173 e. The van der Waals surface area contributed by atoms with Crippen molar-refractivity contribution < 1.29 is 0 Å². The summed E-state index contributed by atoms with van der Waals surface area (Å²) in [6.07, 6.45) is 7.07. The Bertz CT molecular complexity index is 312. The van der Waals surface area contributed by atoms with Gasteiger partial charge in [-0.05, 0) is 12.8 Å². The predicted octanol–water partition coefficient (Wildman–Crippen LogP) is 1.38. The number of aryl methyl sites for hydroxylation is 1. The zero-order chi connectivity index (χ0) is 10.1. The van der Waals surface area contributed by atoms with Gasteiger partial charge < -0.3 is 10.6 Å². The van der Waals surface area contributed by atoms with Gasteiger partial charge in [0.15, 0.2) is 5.82 Å². The fourth-order valence-corrected chi connectivity index (χ4v) is 2.23. The lowest BCUT2D eigenvalue weighted by Crippen LogP contribution is -2.29. The molecule has 0 spiro atoms. The van der Waals surface area contributed by atoms with Crippen molar-refractivity contribution in [3.63, 3.8) is 0 Å². The average Bonchev–Trinajstić information content (AvgIpc) is 2.73. The van der Waals surface area contributed by atoms with Gasteiger partial charge in [-0.2, -0.15) is 5.10 Å². The van der Waals surface area contributed by atoms with Crippen molar-refractivity contribution >= 4 is 11.5 Å². The molecule has 1 aromatic heterocycles. The van der Waals surface area contributed by atoms with Gasteiger partial charge in [0.25, 0.3) is 0 Å². The van der Waals surface area contributed by atoms with Crippen LogP contribution in [0.1, 0.15) is 25.7 Å². The standard InChI is InChI=1S/C10H18N4/c1-13-7-9(11)10(12-13)14(2)8-5-3-4-6-8/h7-8H,3-6,11H2,1-2H3. The summed E-state index contributed by atoms with van der Waals surface area (Å²) in [4.78, 5) is 2.22. The van der Waals surface area contributed by atoms with Gasteiger partial charge in [0.1, 0.15) is 0 Å². The first kappa shape index (κ1) is 9.37. The summed E-state index contributed by atoms with van der Waals surface area (Å²) in [6, 6.07) is 0.632. The Kier molecular flexibility index (Phi) is 2.35. The highest BCUT2D eigenvalue weighted by Gasteiger charge is 2.22. The van der Waals surface area contributed by atoms with Crippen LogP contribution in [0.15, 0.2) is 6.20 Å². The number of anilines is 2. The van der Waals surface area contributed by atoms with Crippen LogP contribution in [-0.2, 0) is 7.05 Å². The maximum Gasteiger partial charge on any atom is 0.173 e. The monoisotopic (exact) mass is 194 g/mol. The third-order valence-electron chi connectivity index (χ3n) is 3.04. The van der Waals surface area contributed by atoms with Gasteiger partial charge in [0.05, 0.1) is 5.69 Å². The molecule has 4 heteroatoms.